The molecule has 0 saturated heterocycles. The molecule has 0 bridgehead atoms. The molecule has 0 radical (unpaired) electrons. The summed E-state index contributed by atoms with van der Waals surface area (Å²) in [4.78, 5) is 26.9. The Morgan fingerprint density at radius 3 is 2.38 bits per heavy atom. The summed E-state index contributed by atoms with van der Waals surface area (Å²) in [5.41, 5.74) is 0.656. The van der Waals surface area contributed by atoms with Crippen LogP contribution in [-0.2, 0) is 11.3 Å². The number of amides is 2. The maximum absolute atomic E-state index is 13.0. The summed E-state index contributed by atoms with van der Waals surface area (Å²) in [6, 6.07) is 10.8. The lowest BCUT2D eigenvalue weighted by molar-refractivity contribution is -0.123. The predicted octanol–water partition coefficient (Wildman–Crippen LogP) is 4.62. The molecule has 0 fully saturated rings. The normalized spacial score (nSPS) is 11.5. The molecule has 0 aliphatic heterocycles. The first-order valence-corrected chi connectivity index (χ1v) is 8.85. The average Bonchev–Trinajstić information content (AvgIpc) is 2.96. The van der Waals surface area contributed by atoms with E-state index in [4.69, 9.17) is 4.42 Å². The Morgan fingerprint density at radius 2 is 1.85 bits per heavy atom. The molecule has 0 aliphatic carbocycles. The van der Waals surface area contributed by atoms with Crippen LogP contribution >= 0.6 is 0 Å². The second kappa shape index (κ2) is 7.77. The van der Waals surface area contributed by atoms with Crippen molar-refractivity contribution in [3.63, 3.8) is 0 Å². The molecule has 1 aromatic heterocycles. The molecule has 0 spiro atoms. The SMILES string of the molecule is Cc1ccc(CN(C(=O)c2cccc(NC(=O)C(C)(C)C)c2)C(C)C)o1. The van der Waals surface area contributed by atoms with Crippen molar-refractivity contribution >= 4 is 17.5 Å². The van der Waals surface area contributed by atoms with Crippen LogP contribution in [0.15, 0.2) is 40.8 Å². The van der Waals surface area contributed by atoms with E-state index in [1.165, 1.54) is 0 Å². The topological polar surface area (TPSA) is 62.6 Å². The fourth-order valence-electron chi connectivity index (χ4n) is 2.44. The van der Waals surface area contributed by atoms with Gasteiger partial charge in [0.2, 0.25) is 5.91 Å². The third-order valence-electron chi connectivity index (χ3n) is 4.05. The van der Waals surface area contributed by atoms with Crippen molar-refractivity contribution in [2.75, 3.05) is 5.32 Å². The van der Waals surface area contributed by atoms with Crippen LogP contribution in [0, 0.1) is 12.3 Å². The largest absolute Gasteiger partial charge is 0.464 e. The van der Waals surface area contributed by atoms with Gasteiger partial charge in [0.05, 0.1) is 6.54 Å². The first kappa shape index (κ1) is 19.8. The zero-order valence-corrected chi connectivity index (χ0v) is 16.4. The summed E-state index contributed by atoms with van der Waals surface area (Å²) in [7, 11) is 0. The van der Waals surface area contributed by atoms with E-state index in [1.54, 1.807) is 29.2 Å². The van der Waals surface area contributed by atoms with E-state index in [0.717, 1.165) is 11.5 Å². The first-order valence-electron chi connectivity index (χ1n) is 8.85. The Hall–Kier alpha value is -2.56. The number of carbonyl (C=O) groups excluding carboxylic acids is 2. The maximum atomic E-state index is 13.0. The number of benzene rings is 1. The molecule has 2 amide bonds. The van der Waals surface area contributed by atoms with Crippen molar-refractivity contribution in [3.05, 3.63) is 53.5 Å². The van der Waals surface area contributed by atoms with Gasteiger partial charge in [0.15, 0.2) is 0 Å². The van der Waals surface area contributed by atoms with Gasteiger partial charge in [-0.2, -0.15) is 0 Å². The van der Waals surface area contributed by atoms with E-state index in [2.05, 4.69) is 5.32 Å². The highest BCUT2D eigenvalue weighted by atomic mass is 16.3. The van der Waals surface area contributed by atoms with Crippen molar-refractivity contribution < 1.29 is 14.0 Å². The van der Waals surface area contributed by atoms with Crippen LogP contribution in [0.1, 0.15) is 56.5 Å². The Labute approximate surface area is 155 Å². The standard InChI is InChI=1S/C21H28N2O3/c1-14(2)23(13-18-11-10-15(3)26-18)19(24)16-8-7-9-17(12-16)22-20(25)21(4,5)6/h7-12,14H,13H2,1-6H3,(H,22,25). The fraction of sp³-hybridized carbons (Fsp3) is 0.429. The number of hydrogen-bond acceptors (Lipinski definition) is 3. The summed E-state index contributed by atoms with van der Waals surface area (Å²) in [6.45, 7) is 11.8. The molecule has 26 heavy (non-hydrogen) atoms. The second-order valence-electron chi connectivity index (χ2n) is 7.82. The van der Waals surface area contributed by atoms with Crippen LogP contribution in [0.5, 0.6) is 0 Å². The monoisotopic (exact) mass is 356 g/mol. The highest BCUT2D eigenvalue weighted by Crippen LogP contribution is 2.20. The lowest BCUT2D eigenvalue weighted by Gasteiger charge is -2.26. The van der Waals surface area contributed by atoms with Crippen LogP contribution in [0.3, 0.4) is 0 Å². The van der Waals surface area contributed by atoms with Crippen LogP contribution in [0.25, 0.3) is 0 Å². The van der Waals surface area contributed by atoms with Gasteiger partial charge in [-0.3, -0.25) is 9.59 Å². The van der Waals surface area contributed by atoms with E-state index >= 15 is 0 Å². The smallest absolute Gasteiger partial charge is 0.254 e. The number of aryl methyl sites for hydroxylation is 1. The molecule has 5 heteroatoms. The molecule has 140 valence electrons. The van der Waals surface area contributed by atoms with Gasteiger partial charge in [-0.15, -0.1) is 0 Å². The van der Waals surface area contributed by atoms with Crippen molar-refractivity contribution in [1.29, 1.82) is 0 Å². The number of nitrogens with one attached hydrogen (secondary N) is 1. The Balaban J connectivity index is 2.20. The third kappa shape index (κ3) is 4.97. The fourth-order valence-corrected chi connectivity index (χ4v) is 2.44. The van der Waals surface area contributed by atoms with Gasteiger partial charge in [0.25, 0.3) is 5.91 Å². The molecule has 0 aliphatic rings. The summed E-state index contributed by atoms with van der Waals surface area (Å²) in [5, 5.41) is 2.87. The number of carbonyl (C=O) groups is 2. The number of furan rings is 1. The Morgan fingerprint density at radius 1 is 1.15 bits per heavy atom. The maximum Gasteiger partial charge on any atom is 0.254 e. The minimum Gasteiger partial charge on any atom is -0.464 e. The van der Waals surface area contributed by atoms with Gasteiger partial charge in [-0.05, 0) is 51.1 Å². The Kier molecular flexibility index (Phi) is 5.90. The van der Waals surface area contributed by atoms with Crippen LogP contribution in [0.2, 0.25) is 0 Å². The zero-order chi connectivity index (χ0) is 19.5. The van der Waals surface area contributed by atoms with Crippen molar-refractivity contribution in [2.24, 2.45) is 5.41 Å². The van der Waals surface area contributed by atoms with Crippen LogP contribution in [0.4, 0.5) is 5.69 Å². The quantitative estimate of drug-likeness (QED) is 0.850. The molecule has 0 atom stereocenters. The van der Waals surface area contributed by atoms with Gasteiger partial charge >= 0.3 is 0 Å². The molecule has 1 heterocycles. The highest BCUT2D eigenvalue weighted by molar-refractivity contribution is 5.98. The van der Waals surface area contributed by atoms with Crippen molar-refractivity contribution in [3.8, 4) is 0 Å². The molecule has 2 aromatic rings. The molecule has 2 rings (SSSR count). The van der Waals surface area contributed by atoms with E-state index in [9.17, 15) is 9.59 Å². The third-order valence-corrected chi connectivity index (χ3v) is 4.05. The number of rotatable bonds is 5. The van der Waals surface area contributed by atoms with Crippen molar-refractivity contribution in [2.45, 2.75) is 54.1 Å². The minimum atomic E-state index is -0.499. The second-order valence-corrected chi connectivity index (χ2v) is 7.82. The molecular formula is C21H28N2O3. The minimum absolute atomic E-state index is 0.0146. The Bertz CT molecular complexity index is 785. The summed E-state index contributed by atoms with van der Waals surface area (Å²) >= 11 is 0. The van der Waals surface area contributed by atoms with E-state index in [-0.39, 0.29) is 17.9 Å². The molecular weight excluding hydrogens is 328 g/mol. The molecule has 1 N–H and O–H groups in total. The van der Waals surface area contributed by atoms with Crippen LogP contribution in [-0.4, -0.2) is 22.8 Å². The molecule has 5 nitrogen and oxygen atoms in total. The first-order chi connectivity index (χ1) is 12.1. The summed E-state index contributed by atoms with van der Waals surface area (Å²) in [5.74, 6) is 1.39. The lowest BCUT2D eigenvalue weighted by atomic mass is 9.95. The summed E-state index contributed by atoms with van der Waals surface area (Å²) < 4.78 is 5.61. The van der Waals surface area contributed by atoms with E-state index in [1.807, 2.05) is 53.7 Å². The van der Waals surface area contributed by atoms with Gasteiger partial charge in [-0.25, -0.2) is 0 Å². The lowest BCUT2D eigenvalue weighted by Crippen LogP contribution is -2.36. The summed E-state index contributed by atoms with van der Waals surface area (Å²) in [6.07, 6.45) is 0. The number of hydrogen-bond donors (Lipinski definition) is 1. The van der Waals surface area contributed by atoms with Gasteiger partial charge in [-0.1, -0.05) is 26.8 Å². The van der Waals surface area contributed by atoms with Crippen molar-refractivity contribution in [1.82, 2.24) is 4.90 Å². The molecule has 0 unspecified atom stereocenters. The highest BCUT2D eigenvalue weighted by Gasteiger charge is 2.23. The zero-order valence-electron chi connectivity index (χ0n) is 16.4. The van der Waals surface area contributed by atoms with Crippen LogP contribution < -0.4 is 5.32 Å². The average molecular weight is 356 g/mol. The van der Waals surface area contributed by atoms with E-state index in [0.29, 0.717) is 17.8 Å². The number of anilines is 1. The molecule has 0 saturated carbocycles. The number of nitrogens with zero attached hydrogens (tertiary/aromatic N) is 1. The van der Waals surface area contributed by atoms with Gasteiger partial charge in [0.1, 0.15) is 11.5 Å². The van der Waals surface area contributed by atoms with E-state index < -0.39 is 5.41 Å². The van der Waals surface area contributed by atoms with Gasteiger partial charge < -0.3 is 14.6 Å². The molecule has 1 aromatic carbocycles. The van der Waals surface area contributed by atoms with Gasteiger partial charge in [0, 0.05) is 22.7 Å². The predicted molar refractivity (Wildman–Crippen MR) is 103 cm³/mol.